The molecular formula is C25H28N6O3S. The van der Waals surface area contributed by atoms with E-state index in [1.807, 2.05) is 47.6 Å². The van der Waals surface area contributed by atoms with Crippen LogP contribution in [0.4, 0.5) is 5.69 Å². The van der Waals surface area contributed by atoms with Gasteiger partial charge >= 0.3 is 0 Å². The molecule has 1 saturated carbocycles. The van der Waals surface area contributed by atoms with Gasteiger partial charge in [0.25, 0.3) is 5.91 Å². The van der Waals surface area contributed by atoms with Crippen molar-refractivity contribution in [3.63, 3.8) is 0 Å². The molecule has 182 valence electrons. The summed E-state index contributed by atoms with van der Waals surface area (Å²) in [5.74, 6) is 0.523. The third kappa shape index (κ3) is 4.50. The average Bonchev–Trinajstić information content (AvgIpc) is 3.53. The fourth-order valence-corrected chi connectivity index (χ4v) is 5.79. The van der Waals surface area contributed by atoms with Crippen LogP contribution in [0.5, 0.6) is 5.75 Å². The van der Waals surface area contributed by atoms with E-state index in [9.17, 15) is 9.59 Å². The lowest BCUT2D eigenvalue weighted by atomic mass is 9.84. The predicted molar refractivity (Wildman–Crippen MR) is 133 cm³/mol. The van der Waals surface area contributed by atoms with Crippen LogP contribution in [0.15, 0.2) is 53.7 Å². The molecule has 0 spiro atoms. The number of amides is 2. The van der Waals surface area contributed by atoms with Crippen LogP contribution in [0, 0.1) is 5.92 Å². The van der Waals surface area contributed by atoms with E-state index in [0.717, 1.165) is 31.4 Å². The Bertz CT molecular complexity index is 1230. The lowest BCUT2D eigenvalue weighted by Gasteiger charge is -2.34. The van der Waals surface area contributed by atoms with Crippen LogP contribution in [0.1, 0.15) is 42.5 Å². The maximum atomic E-state index is 13.8. The van der Waals surface area contributed by atoms with Gasteiger partial charge in [0.15, 0.2) is 0 Å². The summed E-state index contributed by atoms with van der Waals surface area (Å²) in [5, 5.41) is 15.5. The molecule has 2 amide bonds. The summed E-state index contributed by atoms with van der Waals surface area (Å²) in [6, 6.07) is 14.1. The van der Waals surface area contributed by atoms with Crippen molar-refractivity contribution < 1.29 is 14.3 Å². The number of benzene rings is 2. The molecule has 3 unspecified atom stereocenters. The van der Waals surface area contributed by atoms with Crippen LogP contribution in [-0.2, 0) is 4.79 Å². The van der Waals surface area contributed by atoms with Gasteiger partial charge in [-0.25, -0.2) is 0 Å². The molecule has 1 saturated heterocycles. The van der Waals surface area contributed by atoms with Crippen LogP contribution in [0.25, 0.3) is 5.69 Å². The zero-order valence-corrected chi connectivity index (χ0v) is 20.6. The third-order valence-corrected chi connectivity index (χ3v) is 7.56. The molecule has 3 aromatic rings. The largest absolute Gasteiger partial charge is 0.496 e. The lowest BCUT2D eigenvalue weighted by molar-refractivity contribution is -0.120. The Kier molecular flexibility index (Phi) is 6.72. The van der Waals surface area contributed by atoms with Gasteiger partial charge in [0.1, 0.15) is 11.8 Å². The summed E-state index contributed by atoms with van der Waals surface area (Å²) >= 11 is 1.44. The van der Waals surface area contributed by atoms with Gasteiger partial charge in [-0.05, 0) is 72.2 Å². The first kappa shape index (κ1) is 23.3. The fraction of sp³-hybridized carbons (Fsp3) is 0.400. The van der Waals surface area contributed by atoms with Crippen LogP contribution < -0.4 is 10.1 Å². The highest BCUT2D eigenvalue weighted by Crippen LogP contribution is 2.41. The van der Waals surface area contributed by atoms with Gasteiger partial charge < -0.3 is 15.0 Å². The maximum absolute atomic E-state index is 13.8. The molecular weight excluding hydrogens is 464 g/mol. The molecule has 2 heterocycles. The van der Waals surface area contributed by atoms with Crippen molar-refractivity contribution in [2.75, 3.05) is 18.7 Å². The van der Waals surface area contributed by atoms with Gasteiger partial charge in [-0.2, -0.15) is 4.68 Å². The fourth-order valence-electron chi connectivity index (χ4n) is 5.36. The Morgan fingerprint density at radius 2 is 1.94 bits per heavy atom. The monoisotopic (exact) mass is 492 g/mol. The summed E-state index contributed by atoms with van der Waals surface area (Å²) in [5.41, 5.74) is 1.87. The number of aromatic nitrogens is 4. The molecule has 1 N–H and O–H groups in total. The van der Waals surface area contributed by atoms with E-state index in [2.05, 4.69) is 20.8 Å². The number of carbonyl (C=O) groups is 2. The molecule has 35 heavy (non-hydrogen) atoms. The molecule has 0 radical (unpaired) electrons. The summed E-state index contributed by atoms with van der Waals surface area (Å²) in [7, 11) is 1.56. The van der Waals surface area contributed by atoms with Crippen molar-refractivity contribution in [2.45, 2.75) is 49.3 Å². The van der Waals surface area contributed by atoms with Crippen molar-refractivity contribution in [1.82, 2.24) is 25.1 Å². The van der Waals surface area contributed by atoms with Gasteiger partial charge in [-0.3, -0.25) is 9.59 Å². The first-order valence-electron chi connectivity index (χ1n) is 11.8. The number of rotatable bonds is 6. The molecule has 1 aromatic heterocycles. The zero-order chi connectivity index (χ0) is 24.4. The number of fused-ring (bicyclic) bond motifs is 1. The van der Waals surface area contributed by atoms with E-state index in [0.29, 0.717) is 34.5 Å². The number of tetrazole rings is 1. The van der Waals surface area contributed by atoms with E-state index in [-0.39, 0.29) is 17.9 Å². The number of thioether (sulfide) groups is 1. The molecule has 0 bridgehead atoms. The van der Waals surface area contributed by atoms with Gasteiger partial charge in [0, 0.05) is 11.7 Å². The number of nitrogens with one attached hydrogen (secondary N) is 1. The second-order valence-corrected chi connectivity index (χ2v) is 9.67. The highest BCUT2D eigenvalue weighted by molar-refractivity contribution is 7.98. The molecule has 2 fully saturated rings. The van der Waals surface area contributed by atoms with E-state index in [1.54, 1.807) is 23.9 Å². The predicted octanol–water partition coefficient (Wildman–Crippen LogP) is 3.80. The lowest BCUT2D eigenvalue weighted by Crippen LogP contribution is -2.48. The number of anilines is 1. The second-order valence-electron chi connectivity index (χ2n) is 8.89. The van der Waals surface area contributed by atoms with Gasteiger partial charge in [0.05, 0.1) is 18.4 Å². The van der Waals surface area contributed by atoms with Crippen molar-refractivity contribution in [2.24, 2.45) is 5.92 Å². The molecule has 9 nitrogen and oxygen atoms in total. The SMILES string of the molecule is COc1ccccc1C(=O)N1C(C(=O)Nc2cccc(-n3nnnc3SC)c2)CC2CCCCC21. The summed E-state index contributed by atoms with van der Waals surface area (Å²) in [6.07, 6.45) is 6.73. The zero-order valence-electron chi connectivity index (χ0n) is 19.8. The number of ether oxygens (including phenoxy) is 1. The highest BCUT2D eigenvalue weighted by Gasteiger charge is 2.48. The first-order valence-corrected chi connectivity index (χ1v) is 13.0. The standard InChI is InChI=1S/C25H28N6O3S/c1-34-22-13-6-4-11-19(22)24(33)30-20-12-5-3-8-16(20)14-21(30)23(32)26-17-9-7-10-18(15-17)31-25(35-2)27-28-29-31/h4,6-7,9-11,13,15-16,20-21H,3,5,8,12,14H2,1-2H3,(H,26,32). The number of para-hydroxylation sites is 1. The van der Waals surface area contributed by atoms with Crippen molar-refractivity contribution >= 4 is 29.3 Å². The number of methoxy groups -OCH3 is 1. The van der Waals surface area contributed by atoms with Crippen molar-refractivity contribution in [1.29, 1.82) is 0 Å². The minimum atomic E-state index is -0.543. The summed E-state index contributed by atoms with van der Waals surface area (Å²) < 4.78 is 7.08. The van der Waals surface area contributed by atoms with E-state index < -0.39 is 6.04 Å². The average molecular weight is 493 g/mol. The first-order chi connectivity index (χ1) is 17.1. The van der Waals surface area contributed by atoms with E-state index >= 15 is 0 Å². The maximum Gasteiger partial charge on any atom is 0.258 e. The minimum Gasteiger partial charge on any atom is -0.496 e. The number of carbonyl (C=O) groups excluding carboxylic acids is 2. The Hall–Kier alpha value is -3.40. The molecule has 5 rings (SSSR count). The Morgan fingerprint density at radius 1 is 1.11 bits per heavy atom. The van der Waals surface area contributed by atoms with Crippen LogP contribution in [-0.4, -0.2) is 62.4 Å². The van der Waals surface area contributed by atoms with Gasteiger partial charge in [-0.1, -0.05) is 42.8 Å². The number of nitrogens with zero attached hydrogens (tertiary/aromatic N) is 5. The number of likely N-dealkylation sites (tertiary alicyclic amines) is 1. The molecule has 3 atom stereocenters. The molecule has 2 aliphatic rings. The minimum absolute atomic E-state index is 0.0635. The van der Waals surface area contributed by atoms with Crippen LogP contribution >= 0.6 is 11.8 Å². The summed E-state index contributed by atoms with van der Waals surface area (Å²) in [6.45, 7) is 0. The van der Waals surface area contributed by atoms with Gasteiger partial charge in [0.2, 0.25) is 11.1 Å². The molecule has 1 aliphatic heterocycles. The highest BCUT2D eigenvalue weighted by atomic mass is 32.2. The van der Waals surface area contributed by atoms with Crippen molar-refractivity contribution in [3.8, 4) is 11.4 Å². The van der Waals surface area contributed by atoms with Crippen LogP contribution in [0.2, 0.25) is 0 Å². The van der Waals surface area contributed by atoms with Gasteiger partial charge in [-0.15, -0.1) is 5.10 Å². The van der Waals surface area contributed by atoms with Crippen molar-refractivity contribution in [3.05, 3.63) is 54.1 Å². The van der Waals surface area contributed by atoms with E-state index in [1.165, 1.54) is 11.8 Å². The van der Waals surface area contributed by atoms with E-state index in [4.69, 9.17) is 4.74 Å². The second kappa shape index (κ2) is 10.1. The Labute approximate surface area is 208 Å². The Balaban J connectivity index is 1.42. The van der Waals surface area contributed by atoms with Crippen LogP contribution in [0.3, 0.4) is 0 Å². The molecule has 1 aliphatic carbocycles. The number of hydrogen-bond donors (Lipinski definition) is 1. The topological polar surface area (TPSA) is 102 Å². The number of hydrogen-bond acceptors (Lipinski definition) is 7. The summed E-state index contributed by atoms with van der Waals surface area (Å²) in [4.78, 5) is 29.2. The normalized spacial score (nSPS) is 21.4. The molecule has 10 heteroatoms. The third-order valence-electron chi connectivity index (χ3n) is 6.94. The smallest absolute Gasteiger partial charge is 0.258 e. The Morgan fingerprint density at radius 3 is 2.77 bits per heavy atom. The quantitative estimate of drug-likeness (QED) is 0.522. The molecule has 2 aromatic carbocycles.